The molecule has 2 aromatic carbocycles. The molecule has 0 fully saturated rings. The van der Waals surface area contributed by atoms with Crippen LogP contribution in [0.1, 0.15) is 34.0 Å². The van der Waals surface area contributed by atoms with Gasteiger partial charge in [-0.3, -0.25) is 4.98 Å². The molecule has 3 aromatic rings. The third-order valence-electron chi connectivity index (χ3n) is 4.00. The number of carbonyl (C=O) groups excluding carboxylic acids is 1. The van der Waals surface area contributed by atoms with Crippen LogP contribution in [0.15, 0.2) is 42.6 Å². The molecule has 130 valence electrons. The van der Waals surface area contributed by atoms with Gasteiger partial charge in [-0.2, -0.15) is 5.26 Å². The lowest BCUT2D eigenvalue weighted by Crippen LogP contribution is -2.09. The van der Waals surface area contributed by atoms with Crippen molar-refractivity contribution in [3.8, 4) is 6.07 Å². The van der Waals surface area contributed by atoms with Crippen molar-refractivity contribution in [3.63, 3.8) is 0 Å². The maximum Gasteiger partial charge on any atom is 0.341 e. The molecule has 0 saturated heterocycles. The van der Waals surface area contributed by atoms with E-state index in [0.717, 1.165) is 16.8 Å². The second-order valence-corrected chi connectivity index (χ2v) is 6.08. The van der Waals surface area contributed by atoms with E-state index in [9.17, 15) is 10.1 Å². The molecule has 0 aliphatic rings. The summed E-state index contributed by atoms with van der Waals surface area (Å²) >= 11 is 0. The Labute approximate surface area is 152 Å². The van der Waals surface area contributed by atoms with Gasteiger partial charge in [0.15, 0.2) is 0 Å². The highest BCUT2D eigenvalue weighted by molar-refractivity contribution is 6.07. The summed E-state index contributed by atoms with van der Waals surface area (Å²) in [5.41, 5.74) is 5.03. The maximum atomic E-state index is 12.4. The van der Waals surface area contributed by atoms with Crippen molar-refractivity contribution in [1.29, 1.82) is 5.26 Å². The van der Waals surface area contributed by atoms with Crippen LogP contribution in [0.5, 0.6) is 0 Å². The molecular formula is C21H19N3O2. The van der Waals surface area contributed by atoms with E-state index >= 15 is 0 Å². The number of hydrogen-bond acceptors (Lipinski definition) is 5. The zero-order valence-corrected chi connectivity index (χ0v) is 15.0. The Morgan fingerprint density at radius 3 is 2.62 bits per heavy atom. The minimum Gasteiger partial charge on any atom is -0.462 e. The van der Waals surface area contributed by atoms with Gasteiger partial charge in [0.1, 0.15) is 11.6 Å². The number of aromatic nitrogens is 1. The lowest BCUT2D eigenvalue weighted by Gasteiger charge is -2.15. The Hall–Kier alpha value is -3.39. The fourth-order valence-corrected chi connectivity index (χ4v) is 3.00. The monoisotopic (exact) mass is 345 g/mol. The normalized spacial score (nSPS) is 10.4. The summed E-state index contributed by atoms with van der Waals surface area (Å²) in [6, 6.07) is 13.6. The second-order valence-electron chi connectivity index (χ2n) is 6.08. The minimum absolute atomic E-state index is 0.276. The molecule has 3 rings (SSSR count). The lowest BCUT2D eigenvalue weighted by atomic mass is 10.0. The van der Waals surface area contributed by atoms with Crippen LogP contribution in [0.25, 0.3) is 10.9 Å². The fraction of sp³-hybridized carbons (Fsp3) is 0.190. The minimum atomic E-state index is -0.448. The second kappa shape index (κ2) is 7.24. The molecule has 0 aliphatic carbocycles. The van der Waals surface area contributed by atoms with Gasteiger partial charge in [-0.05, 0) is 50.1 Å². The summed E-state index contributed by atoms with van der Waals surface area (Å²) in [5, 5.41) is 13.4. The number of pyridine rings is 1. The molecule has 0 bridgehead atoms. The van der Waals surface area contributed by atoms with Crippen molar-refractivity contribution >= 4 is 28.2 Å². The number of nitrogens with zero attached hydrogens (tertiary/aromatic N) is 2. The quantitative estimate of drug-likeness (QED) is 0.697. The van der Waals surface area contributed by atoms with Crippen molar-refractivity contribution in [2.24, 2.45) is 0 Å². The van der Waals surface area contributed by atoms with E-state index in [1.807, 2.05) is 32.0 Å². The number of benzene rings is 2. The molecule has 1 heterocycles. The smallest absolute Gasteiger partial charge is 0.341 e. The molecule has 0 spiro atoms. The van der Waals surface area contributed by atoms with Crippen LogP contribution < -0.4 is 5.32 Å². The number of hydrogen-bond donors (Lipinski definition) is 1. The first-order valence-corrected chi connectivity index (χ1v) is 8.37. The average molecular weight is 345 g/mol. The van der Waals surface area contributed by atoms with E-state index in [1.165, 1.54) is 6.20 Å². The van der Waals surface area contributed by atoms with Crippen molar-refractivity contribution in [2.75, 3.05) is 11.9 Å². The van der Waals surface area contributed by atoms with Gasteiger partial charge >= 0.3 is 5.97 Å². The van der Waals surface area contributed by atoms with E-state index in [2.05, 4.69) is 22.4 Å². The van der Waals surface area contributed by atoms with Gasteiger partial charge in [-0.1, -0.05) is 18.2 Å². The van der Waals surface area contributed by atoms with Gasteiger partial charge in [0.2, 0.25) is 0 Å². The van der Waals surface area contributed by atoms with Crippen molar-refractivity contribution in [3.05, 3.63) is 64.8 Å². The molecule has 0 aliphatic heterocycles. The molecule has 0 unspecified atom stereocenters. The number of anilines is 2. The Morgan fingerprint density at radius 1 is 1.23 bits per heavy atom. The maximum absolute atomic E-state index is 12.4. The molecule has 0 amide bonds. The molecule has 0 saturated carbocycles. The van der Waals surface area contributed by atoms with Crippen LogP contribution >= 0.6 is 0 Å². The SMILES string of the molecule is CCOC(=O)c1cnc2c(C#N)cccc2c1Nc1cc(C)cc(C)c1. The van der Waals surface area contributed by atoms with Crippen LogP contribution in [0.3, 0.4) is 0 Å². The van der Waals surface area contributed by atoms with E-state index in [1.54, 1.807) is 19.1 Å². The highest BCUT2D eigenvalue weighted by Crippen LogP contribution is 2.31. The van der Waals surface area contributed by atoms with Gasteiger partial charge in [0.25, 0.3) is 0 Å². The Morgan fingerprint density at radius 2 is 1.96 bits per heavy atom. The summed E-state index contributed by atoms with van der Waals surface area (Å²) < 4.78 is 5.18. The number of fused-ring (bicyclic) bond motifs is 1. The number of esters is 1. The summed E-state index contributed by atoms with van der Waals surface area (Å²) in [6.45, 7) is 6.07. The standard InChI is InChI=1S/C21H19N3O2/c1-4-26-21(25)18-12-23-19-15(11-22)6-5-7-17(19)20(18)24-16-9-13(2)8-14(3)10-16/h5-10,12H,4H2,1-3H3,(H,23,24). The number of rotatable bonds is 4. The van der Waals surface area contributed by atoms with Crippen molar-refractivity contribution in [1.82, 2.24) is 4.98 Å². The number of aryl methyl sites for hydroxylation is 2. The van der Waals surface area contributed by atoms with Crippen molar-refractivity contribution in [2.45, 2.75) is 20.8 Å². The largest absolute Gasteiger partial charge is 0.462 e. The average Bonchev–Trinajstić information content (AvgIpc) is 2.60. The van der Waals surface area contributed by atoms with Crippen LogP contribution in [0.2, 0.25) is 0 Å². The predicted octanol–water partition coefficient (Wildman–Crippen LogP) is 4.64. The van der Waals surface area contributed by atoms with E-state index in [0.29, 0.717) is 27.7 Å². The first-order chi connectivity index (χ1) is 12.5. The number of nitrogens with one attached hydrogen (secondary N) is 1. The Kier molecular flexibility index (Phi) is 4.85. The summed E-state index contributed by atoms with van der Waals surface area (Å²) in [6.07, 6.45) is 1.46. The van der Waals surface area contributed by atoms with Crippen LogP contribution in [-0.4, -0.2) is 17.6 Å². The third-order valence-corrected chi connectivity index (χ3v) is 4.00. The predicted molar refractivity (Wildman–Crippen MR) is 102 cm³/mol. The molecule has 1 N–H and O–H groups in total. The number of para-hydroxylation sites is 1. The summed E-state index contributed by atoms with van der Waals surface area (Å²) in [7, 11) is 0. The van der Waals surface area contributed by atoms with E-state index in [-0.39, 0.29) is 6.61 Å². The molecular weight excluding hydrogens is 326 g/mol. The number of nitriles is 1. The third kappa shape index (κ3) is 3.35. The lowest BCUT2D eigenvalue weighted by molar-refractivity contribution is 0.0527. The van der Waals surface area contributed by atoms with Gasteiger partial charge in [0, 0.05) is 17.3 Å². The van der Waals surface area contributed by atoms with E-state index < -0.39 is 5.97 Å². The molecule has 0 radical (unpaired) electrons. The fourth-order valence-electron chi connectivity index (χ4n) is 3.00. The zero-order chi connectivity index (χ0) is 18.7. The highest BCUT2D eigenvalue weighted by atomic mass is 16.5. The van der Waals surface area contributed by atoms with Crippen LogP contribution in [0.4, 0.5) is 11.4 Å². The van der Waals surface area contributed by atoms with Crippen molar-refractivity contribution < 1.29 is 9.53 Å². The first-order valence-electron chi connectivity index (χ1n) is 8.37. The molecule has 26 heavy (non-hydrogen) atoms. The number of ether oxygens (including phenoxy) is 1. The van der Waals surface area contributed by atoms with E-state index in [4.69, 9.17) is 4.74 Å². The van der Waals surface area contributed by atoms with Gasteiger partial charge in [-0.25, -0.2) is 4.79 Å². The summed E-state index contributed by atoms with van der Waals surface area (Å²) in [4.78, 5) is 16.7. The van der Waals surface area contributed by atoms with Crippen LogP contribution in [-0.2, 0) is 4.74 Å². The Bertz CT molecular complexity index is 1020. The van der Waals surface area contributed by atoms with Crippen LogP contribution in [0, 0.1) is 25.2 Å². The first kappa shape index (κ1) is 17.4. The number of carbonyl (C=O) groups is 1. The molecule has 1 aromatic heterocycles. The molecule has 0 atom stereocenters. The summed E-state index contributed by atoms with van der Waals surface area (Å²) in [5.74, 6) is -0.448. The zero-order valence-electron chi connectivity index (χ0n) is 15.0. The Balaban J connectivity index is 2.23. The highest BCUT2D eigenvalue weighted by Gasteiger charge is 2.18. The topological polar surface area (TPSA) is 75.0 Å². The van der Waals surface area contributed by atoms with Gasteiger partial charge in [-0.15, -0.1) is 0 Å². The molecule has 5 nitrogen and oxygen atoms in total. The molecule has 5 heteroatoms. The van der Waals surface area contributed by atoms with Gasteiger partial charge < -0.3 is 10.1 Å². The van der Waals surface area contributed by atoms with Gasteiger partial charge in [0.05, 0.1) is 23.4 Å².